The Labute approximate surface area is 240 Å². The number of hydrogen-bond donors (Lipinski definition) is 6. The average Bonchev–Trinajstić information content (AvgIpc) is 3.56. The predicted octanol–water partition coefficient (Wildman–Crippen LogP) is 4.43. The van der Waals surface area contributed by atoms with Crippen molar-refractivity contribution in [2.75, 3.05) is 44.4 Å². The van der Waals surface area contributed by atoms with Gasteiger partial charge in [-0.2, -0.15) is 0 Å². The summed E-state index contributed by atoms with van der Waals surface area (Å²) in [5.41, 5.74) is 13.5. The Morgan fingerprint density at radius 3 is 2.78 bits per heavy atom. The second kappa shape index (κ2) is 11.7. The van der Waals surface area contributed by atoms with Crippen molar-refractivity contribution >= 4 is 22.4 Å². The summed E-state index contributed by atoms with van der Waals surface area (Å²) in [6.07, 6.45) is 4.78. The van der Waals surface area contributed by atoms with Crippen molar-refractivity contribution in [2.45, 2.75) is 44.4 Å². The zero-order chi connectivity index (χ0) is 28.5. The van der Waals surface area contributed by atoms with Crippen LogP contribution in [0.2, 0.25) is 0 Å². The molecule has 0 spiro atoms. The molecule has 2 aromatic heterocycles. The fourth-order valence-electron chi connectivity index (χ4n) is 6.06. The number of para-hydroxylation sites is 1. The van der Waals surface area contributed by atoms with Crippen LogP contribution in [0.25, 0.3) is 22.2 Å². The molecule has 0 saturated carbocycles. The summed E-state index contributed by atoms with van der Waals surface area (Å²) in [4.78, 5) is 15.3. The van der Waals surface area contributed by atoms with Crippen molar-refractivity contribution in [1.82, 2.24) is 36.0 Å². The summed E-state index contributed by atoms with van der Waals surface area (Å²) in [5.74, 6) is 0.950. The van der Waals surface area contributed by atoms with E-state index >= 15 is 0 Å². The van der Waals surface area contributed by atoms with Crippen LogP contribution in [0.4, 0.5) is 15.8 Å². The molecule has 41 heavy (non-hydrogen) atoms. The second-order valence-electron chi connectivity index (χ2n) is 11.8. The highest BCUT2D eigenvalue weighted by atomic mass is 19.1. The van der Waals surface area contributed by atoms with Gasteiger partial charge < -0.3 is 25.8 Å². The van der Waals surface area contributed by atoms with Crippen LogP contribution in [0.3, 0.4) is 0 Å². The molecule has 2 aliphatic rings. The van der Waals surface area contributed by atoms with Gasteiger partial charge in [0.15, 0.2) is 0 Å². The number of hydrogen-bond acceptors (Lipinski definition) is 8. The number of H-pyrrole nitrogens is 1. The van der Waals surface area contributed by atoms with E-state index in [0.29, 0.717) is 12.0 Å². The minimum atomic E-state index is -0.269. The van der Waals surface area contributed by atoms with Crippen molar-refractivity contribution in [3.63, 3.8) is 0 Å². The number of rotatable bonds is 9. The number of anilines is 2. The molecule has 2 fully saturated rings. The maximum atomic E-state index is 14.7. The first-order valence-electron chi connectivity index (χ1n) is 14.5. The molecule has 0 bridgehead atoms. The third-order valence-electron chi connectivity index (χ3n) is 8.00. The van der Waals surface area contributed by atoms with E-state index in [1.54, 1.807) is 12.1 Å². The summed E-state index contributed by atoms with van der Waals surface area (Å²) in [5, 5.41) is 10.5. The normalized spacial score (nSPS) is 22.4. The number of pyridine rings is 1. The molecule has 6 N–H and O–H groups in total. The molecular formula is C31H40FN9. The third-order valence-corrected chi connectivity index (χ3v) is 8.00. The first kappa shape index (κ1) is 27.6. The molecule has 4 heterocycles. The number of aromatic nitrogens is 3. The second-order valence-corrected chi connectivity index (χ2v) is 11.8. The van der Waals surface area contributed by atoms with Gasteiger partial charge in [0.25, 0.3) is 0 Å². The van der Waals surface area contributed by atoms with Crippen molar-refractivity contribution in [2.24, 2.45) is 5.92 Å². The molecule has 9 nitrogen and oxygen atoms in total. The molecule has 2 aliphatic heterocycles. The molecule has 4 unspecified atom stereocenters. The Hall–Kier alpha value is -3.57. The zero-order valence-corrected chi connectivity index (χ0v) is 24.1. The minimum absolute atomic E-state index is 0.0190. The number of likely N-dealkylation sites (N-methyl/N-ethyl adjacent to an activating group) is 1. The molecule has 2 aromatic carbocycles. The lowest BCUT2D eigenvalue weighted by Gasteiger charge is -2.34. The number of halogens is 1. The minimum Gasteiger partial charge on any atom is -0.384 e. The summed E-state index contributed by atoms with van der Waals surface area (Å²) >= 11 is 0. The highest BCUT2D eigenvalue weighted by Crippen LogP contribution is 2.39. The fourth-order valence-corrected chi connectivity index (χ4v) is 6.06. The largest absolute Gasteiger partial charge is 0.384 e. The van der Waals surface area contributed by atoms with Gasteiger partial charge in [0.05, 0.1) is 22.8 Å². The predicted molar refractivity (Wildman–Crippen MR) is 163 cm³/mol. The quantitative estimate of drug-likeness (QED) is 0.180. The van der Waals surface area contributed by atoms with E-state index in [1.807, 2.05) is 50.8 Å². The van der Waals surface area contributed by atoms with Gasteiger partial charge in [0.1, 0.15) is 11.6 Å². The summed E-state index contributed by atoms with van der Waals surface area (Å²) in [6.45, 7) is 6.71. The van der Waals surface area contributed by atoms with E-state index in [0.717, 1.165) is 65.4 Å². The molecule has 216 valence electrons. The third kappa shape index (κ3) is 6.06. The Morgan fingerprint density at radius 1 is 1.07 bits per heavy atom. The molecule has 0 radical (unpaired) electrons. The van der Waals surface area contributed by atoms with E-state index in [9.17, 15) is 4.39 Å². The standard InChI is InChI=1S/C31H40FN9/c1-18(2)36-23-12-20(15-33-16-23)27-14-25-28(17-35-27)39-40-30(25)31-37-26-7-5-6-24(29(26)38-31)19-10-21(32)13-22(11-19)34-8-9-41(3)4/h5-7,10-13,15-16,18,25,27-28,30,34-36,39-40H,8-9,14,17H2,1-4H3,(H,37,38). The van der Waals surface area contributed by atoms with Crippen LogP contribution in [-0.2, 0) is 0 Å². The van der Waals surface area contributed by atoms with Gasteiger partial charge in [-0.05, 0) is 75.8 Å². The van der Waals surface area contributed by atoms with Crippen LogP contribution >= 0.6 is 0 Å². The monoisotopic (exact) mass is 557 g/mol. The number of piperidine rings is 1. The Balaban J connectivity index is 1.25. The lowest BCUT2D eigenvalue weighted by molar-refractivity contribution is 0.263. The van der Waals surface area contributed by atoms with E-state index in [1.165, 1.54) is 5.56 Å². The van der Waals surface area contributed by atoms with Crippen molar-refractivity contribution in [1.29, 1.82) is 0 Å². The van der Waals surface area contributed by atoms with Crippen LogP contribution in [0, 0.1) is 11.7 Å². The number of aromatic amines is 1. The number of nitrogens with one attached hydrogen (secondary N) is 6. The summed E-state index contributed by atoms with van der Waals surface area (Å²) in [7, 11) is 4.05. The van der Waals surface area contributed by atoms with Crippen molar-refractivity contribution < 1.29 is 4.39 Å². The highest BCUT2D eigenvalue weighted by Gasteiger charge is 2.42. The maximum Gasteiger partial charge on any atom is 0.126 e. The number of imidazole rings is 1. The Morgan fingerprint density at radius 2 is 1.95 bits per heavy atom. The fraction of sp³-hybridized carbons (Fsp3) is 0.419. The van der Waals surface area contributed by atoms with Gasteiger partial charge in [-0.1, -0.05) is 12.1 Å². The van der Waals surface area contributed by atoms with Crippen LogP contribution in [0.5, 0.6) is 0 Å². The maximum absolute atomic E-state index is 14.7. The highest BCUT2D eigenvalue weighted by molar-refractivity contribution is 5.92. The first-order valence-corrected chi connectivity index (χ1v) is 14.5. The van der Waals surface area contributed by atoms with Gasteiger partial charge >= 0.3 is 0 Å². The van der Waals surface area contributed by atoms with Gasteiger partial charge in [0, 0.05) is 67.3 Å². The zero-order valence-electron chi connectivity index (χ0n) is 24.1. The van der Waals surface area contributed by atoms with Gasteiger partial charge in [-0.25, -0.2) is 14.8 Å². The molecular weight excluding hydrogens is 517 g/mol. The number of fused-ring (bicyclic) bond motifs is 2. The van der Waals surface area contributed by atoms with E-state index in [4.69, 9.17) is 4.98 Å². The van der Waals surface area contributed by atoms with Crippen LogP contribution in [-0.4, -0.2) is 65.7 Å². The molecule has 2 saturated heterocycles. The molecule has 6 rings (SSSR count). The van der Waals surface area contributed by atoms with Gasteiger partial charge in [-0.3, -0.25) is 10.4 Å². The lowest BCUT2D eigenvalue weighted by Crippen LogP contribution is -2.46. The van der Waals surface area contributed by atoms with Crippen molar-refractivity contribution in [3.8, 4) is 11.1 Å². The smallest absolute Gasteiger partial charge is 0.126 e. The van der Waals surface area contributed by atoms with Crippen LogP contribution in [0.1, 0.15) is 43.7 Å². The van der Waals surface area contributed by atoms with Gasteiger partial charge in [-0.15, -0.1) is 0 Å². The van der Waals surface area contributed by atoms with E-state index in [-0.39, 0.29) is 23.9 Å². The Bertz CT molecular complexity index is 1500. The van der Waals surface area contributed by atoms with Crippen LogP contribution in [0.15, 0.2) is 54.9 Å². The SMILES string of the molecule is CC(C)Nc1cncc(C2CC3C(CN2)NNC3c2nc3c(-c4cc(F)cc(NCCN(C)C)c4)cccc3[nH]2)c1. The van der Waals surface area contributed by atoms with E-state index < -0.39 is 0 Å². The topological polar surface area (TPSA) is 105 Å². The van der Waals surface area contributed by atoms with Crippen LogP contribution < -0.4 is 26.8 Å². The van der Waals surface area contributed by atoms with E-state index in [2.05, 4.69) is 61.6 Å². The molecule has 0 aliphatic carbocycles. The summed E-state index contributed by atoms with van der Waals surface area (Å²) in [6, 6.07) is 14.2. The van der Waals surface area contributed by atoms with Crippen molar-refractivity contribution in [3.05, 3.63) is 72.1 Å². The average molecular weight is 558 g/mol. The number of hydrazine groups is 1. The number of nitrogens with zero attached hydrogens (tertiary/aromatic N) is 3. The number of benzene rings is 2. The first-order chi connectivity index (χ1) is 19.8. The van der Waals surface area contributed by atoms with Gasteiger partial charge in [0.2, 0.25) is 0 Å². The molecule has 4 aromatic rings. The molecule has 10 heteroatoms. The lowest BCUT2D eigenvalue weighted by atomic mass is 9.82. The Kier molecular flexibility index (Phi) is 7.90. The summed E-state index contributed by atoms with van der Waals surface area (Å²) < 4.78 is 14.7. The molecule has 0 amide bonds. The molecule has 4 atom stereocenters.